The van der Waals surface area contributed by atoms with Crippen LogP contribution in [0.4, 0.5) is 5.69 Å². The largest absolute Gasteiger partial charge is 0.493 e. The monoisotopic (exact) mass is 263 g/mol. The van der Waals surface area contributed by atoms with Gasteiger partial charge < -0.3 is 14.8 Å². The van der Waals surface area contributed by atoms with E-state index in [0.717, 1.165) is 37.3 Å². The Balaban J connectivity index is 1.97. The van der Waals surface area contributed by atoms with Gasteiger partial charge >= 0.3 is 5.97 Å². The maximum Gasteiger partial charge on any atom is 0.310 e. The van der Waals surface area contributed by atoms with Crippen molar-refractivity contribution in [3.63, 3.8) is 0 Å². The van der Waals surface area contributed by atoms with Crippen LogP contribution in [0.15, 0.2) is 18.2 Å². The zero-order valence-corrected chi connectivity index (χ0v) is 11.6. The summed E-state index contributed by atoms with van der Waals surface area (Å²) >= 11 is 0. The fourth-order valence-electron chi connectivity index (χ4n) is 2.27. The quantitative estimate of drug-likeness (QED) is 0.830. The summed E-state index contributed by atoms with van der Waals surface area (Å²) in [5.41, 5.74) is 2.27. The number of aryl methyl sites for hydroxylation is 1. The summed E-state index contributed by atoms with van der Waals surface area (Å²) in [6.07, 6.45) is 2.89. The molecule has 0 aliphatic carbocycles. The fourth-order valence-corrected chi connectivity index (χ4v) is 2.27. The van der Waals surface area contributed by atoms with E-state index in [4.69, 9.17) is 9.47 Å². The topological polar surface area (TPSA) is 47.6 Å². The number of benzene rings is 1. The van der Waals surface area contributed by atoms with Gasteiger partial charge in [0.15, 0.2) is 0 Å². The van der Waals surface area contributed by atoms with Gasteiger partial charge in [-0.3, -0.25) is 4.79 Å². The average Bonchev–Trinajstić information content (AvgIpc) is 2.47. The highest BCUT2D eigenvalue weighted by molar-refractivity contribution is 5.73. The Morgan fingerprint density at radius 2 is 2.37 bits per heavy atom. The van der Waals surface area contributed by atoms with Crippen molar-refractivity contribution in [3.05, 3.63) is 23.8 Å². The van der Waals surface area contributed by atoms with Crippen molar-refractivity contribution in [1.29, 1.82) is 0 Å². The second kappa shape index (κ2) is 6.45. The highest BCUT2D eigenvalue weighted by Gasteiger charge is 2.17. The van der Waals surface area contributed by atoms with Crippen molar-refractivity contribution >= 4 is 11.7 Å². The third-order valence-corrected chi connectivity index (χ3v) is 3.49. The van der Waals surface area contributed by atoms with E-state index in [1.54, 1.807) is 0 Å². The molecule has 0 radical (unpaired) electrons. The molecular weight excluding hydrogens is 242 g/mol. The van der Waals surface area contributed by atoms with Gasteiger partial charge in [-0.25, -0.2) is 0 Å². The molecule has 104 valence electrons. The molecule has 2 rings (SSSR count). The van der Waals surface area contributed by atoms with E-state index in [-0.39, 0.29) is 11.9 Å². The first-order valence-corrected chi connectivity index (χ1v) is 6.82. The predicted molar refractivity (Wildman–Crippen MR) is 74.5 cm³/mol. The molecule has 0 fully saturated rings. The molecule has 1 aliphatic rings. The number of hydrogen-bond donors (Lipinski definition) is 1. The van der Waals surface area contributed by atoms with Crippen LogP contribution in [0.5, 0.6) is 5.75 Å². The molecule has 0 aromatic heterocycles. The smallest absolute Gasteiger partial charge is 0.310 e. The number of carbonyl (C=O) groups is 1. The summed E-state index contributed by atoms with van der Waals surface area (Å²) in [5.74, 6) is 0.727. The first-order valence-electron chi connectivity index (χ1n) is 6.82. The van der Waals surface area contributed by atoms with Crippen LogP contribution in [0.25, 0.3) is 0 Å². The summed E-state index contributed by atoms with van der Waals surface area (Å²) in [4.78, 5) is 11.5. The Morgan fingerprint density at radius 3 is 3.11 bits per heavy atom. The lowest BCUT2D eigenvalue weighted by Gasteiger charge is -2.19. The van der Waals surface area contributed by atoms with Gasteiger partial charge in [-0.05, 0) is 43.0 Å². The van der Waals surface area contributed by atoms with E-state index in [1.807, 2.05) is 19.1 Å². The summed E-state index contributed by atoms with van der Waals surface area (Å²) in [7, 11) is 1.43. The van der Waals surface area contributed by atoms with Crippen molar-refractivity contribution in [2.24, 2.45) is 5.92 Å². The normalized spacial score (nSPS) is 15.1. The molecular formula is C15H21NO3. The molecule has 0 saturated carbocycles. The maximum absolute atomic E-state index is 11.5. The minimum Gasteiger partial charge on any atom is -0.493 e. The molecule has 4 nitrogen and oxygen atoms in total. The fraction of sp³-hybridized carbons (Fsp3) is 0.533. The van der Waals surface area contributed by atoms with Gasteiger partial charge in [0.1, 0.15) is 5.75 Å². The van der Waals surface area contributed by atoms with Crippen molar-refractivity contribution in [3.8, 4) is 5.75 Å². The Hall–Kier alpha value is -1.71. The minimum absolute atomic E-state index is 0.0997. The Morgan fingerprint density at radius 1 is 1.53 bits per heavy atom. The third-order valence-electron chi connectivity index (χ3n) is 3.49. The van der Waals surface area contributed by atoms with E-state index in [2.05, 4.69) is 11.4 Å². The second-order valence-electron chi connectivity index (χ2n) is 4.78. The number of esters is 1. The SMILES string of the molecule is CCC(CNc1ccc2c(c1)CCCO2)C(=O)OC. The van der Waals surface area contributed by atoms with Crippen LogP contribution in [-0.2, 0) is 16.0 Å². The molecule has 0 bridgehead atoms. The van der Waals surface area contributed by atoms with Crippen molar-refractivity contribution < 1.29 is 14.3 Å². The minimum atomic E-state index is -0.156. The molecule has 0 amide bonds. The van der Waals surface area contributed by atoms with Gasteiger partial charge in [0.2, 0.25) is 0 Å². The van der Waals surface area contributed by atoms with Crippen LogP contribution in [-0.4, -0.2) is 26.2 Å². The Kier molecular flexibility index (Phi) is 4.66. The molecule has 4 heteroatoms. The first kappa shape index (κ1) is 13.7. The summed E-state index contributed by atoms with van der Waals surface area (Å²) in [6.45, 7) is 3.40. The van der Waals surface area contributed by atoms with Gasteiger partial charge in [0.05, 0.1) is 19.6 Å². The second-order valence-corrected chi connectivity index (χ2v) is 4.78. The molecule has 0 spiro atoms. The summed E-state index contributed by atoms with van der Waals surface area (Å²) in [5, 5.41) is 3.30. The zero-order valence-electron chi connectivity index (χ0n) is 11.6. The first-order chi connectivity index (χ1) is 9.24. The number of methoxy groups -OCH3 is 1. The molecule has 19 heavy (non-hydrogen) atoms. The van der Waals surface area contributed by atoms with Gasteiger partial charge in [0.25, 0.3) is 0 Å². The number of anilines is 1. The van der Waals surface area contributed by atoms with Crippen LogP contribution in [0.3, 0.4) is 0 Å². The molecule has 1 N–H and O–H groups in total. The van der Waals surface area contributed by atoms with E-state index in [0.29, 0.717) is 6.54 Å². The zero-order chi connectivity index (χ0) is 13.7. The molecule has 1 aliphatic heterocycles. The van der Waals surface area contributed by atoms with Crippen molar-refractivity contribution in [2.75, 3.05) is 25.6 Å². The third kappa shape index (κ3) is 3.40. The maximum atomic E-state index is 11.5. The lowest BCUT2D eigenvalue weighted by Crippen LogP contribution is -2.23. The van der Waals surface area contributed by atoms with Gasteiger partial charge in [-0.15, -0.1) is 0 Å². The van der Waals surface area contributed by atoms with E-state index in [9.17, 15) is 4.79 Å². The number of rotatable bonds is 5. The number of ether oxygens (including phenoxy) is 2. The van der Waals surface area contributed by atoms with E-state index in [1.165, 1.54) is 12.7 Å². The van der Waals surface area contributed by atoms with E-state index < -0.39 is 0 Å². The number of fused-ring (bicyclic) bond motifs is 1. The van der Waals surface area contributed by atoms with Gasteiger partial charge in [0, 0.05) is 12.2 Å². The predicted octanol–water partition coefficient (Wildman–Crippen LogP) is 2.62. The lowest BCUT2D eigenvalue weighted by atomic mass is 10.0. The van der Waals surface area contributed by atoms with Crippen molar-refractivity contribution in [2.45, 2.75) is 26.2 Å². The van der Waals surface area contributed by atoms with E-state index >= 15 is 0 Å². The number of hydrogen-bond acceptors (Lipinski definition) is 4. The Labute approximate surface area is 114 Å². The molecule has 1 aromatic carbocycles. The average molecular weight is 263 g/mol. The Bertz CT molecular complexity index is 445. The summed E-state index contributed by atoms with van der Waals surface area (Å²) in [6, 6.07) is 6.10. The lowest BCUT2D eigenvalue weighted by molar-refractivity contribution is -0.145. The van der Waals surface area contributed by atoms with Gasteiger partial charge in [-0.2, -0.15) is 0 Å². The summed E-state index contributed by atoms with van der Waals surface area (Å²) < 4.78 is 10.4. The molecule has 1 heterocycles. The van der Waals surface area contributed by atoms with Gasteiger partial charge in [-0.1, -0.05) is 6.92 Å². The molecule has 1 atom stereocenters. The van der Waals surface area contributed by atoms with Crippen LogP contribution in [0, 0.1) is 5.92 Å². The number of nitrogens with one attached hydrogen (secondary N) is 1. The molecule has 1 unspecified atom stereocenters. The van der Waals surface area contributed by atoms with Crippen LogP contribution in [0.2, 0.25) is 0 Å². The van der Waals surface area contributed by atoms with Crippen LogP contribution >= 0.6 is 0 Å². The van der Waals surface area contributed by atoms with Crippen LogP contribution < -0.4 is 10.1 Å². The van der Waals surface area contributed by atoms with Crippen molar-refractivity contribution in [1.82, 2.24) is 0 Å². The van der Waals surface area contributed by atoms with Crippen LogP contribution in [0.1, 0.15) is 25.3 Å². The highest BCUT2D eigenvalue weighted by Crippen LogP contribution is 2.27. The number of carbonyl (C=O) groups excluding carboxylic acids is 1. The molecule has 0 saturated heterocycles. The standard InChI is InChI=1S/C15H21NO3/c1-3-11(15(17)18-2)10-16-13-6-7-14-12(9-13)5-4-8-19-14/h6-7,9,11,16H,3-5,8,10H2,1-2H3. The molecule has 1 aromatic rings. The highest BCUT2D eigenvalue weighted by atomic mass is 16.5.